The lowest BCUT2D eigenvalue weighted by Gasteiger charge is -2.37. The van der Waals surface area contributed by atoms with Crippen molar-refractivity contribution in [2.45, 2.75) is 52.1 Å². The normalized spacial score (nSPS) is 21.6. The van der Waals surface area contributed by atoms with Crippen LogP contribution in [0, 0.1) is 13.8 Å². The van der Waals surface area contributed by atoms with E-state index in [4.69, 9.17) is 9.84 Å². The first-order chi connectivity index (χ1) is 8.82. The van der Waals surface area contributed by atoms with Crippen LogP contribution in [-0.4, -0.2) is 21.8 Å². The van der Waals surface area contributed by atoms with Gasteiger partial charge in [-0.15, -0.1) is 0 Å². The van der Waals surface area contributed by atoms with Gasteiger partial charge in [-0.2, -0.15) is 0 Å². The van der Waals surface area contributed by atoms with Crippen molar-refractivity contribution >= 4 is 5.97 Å². The Kier molecular flexibility index (Phi) is 3.43. The minimum Gasteiger partial charge on any atom is -0.508 e. The lowest BCUT2D eigenvalue weighted by molar-refractivity contribution is -0.138. The summed E-state index contributed by atoms with van der Waals surface area (Å²) in [5.74, 6) is 0.317. The van der Waals surface area contributed by atoms with Gasteiger partial charge in [0.1, 0.15) is 17.1 Å². The van der Waals surface area contributed by atoms with Gasteiger partial charge >= 0.3 is 5.97 Å². The third-order valence-corrected chi connectivity index (χ3v) is 3.94. The number of carboxylic acid groups (broad SMARTS) is 1. The van der Waals surface area contributed by atoms with Gasteiger partial charge in [-0.3, -0.25) is 4.79 Å². The molecule has 2 N–H and O–H groups in total. The average Bonchev–Trinajstić information content (AvgIpc) is 2.34. The van der Waals surface area contributed by atoms with Crippen molar-refractivity contribution in [1.29, 1.82) is 0 Å². The van der Waals surface area contributed by atoms with E-state index >= 15 is 0 Å². The molecule has 0 aliphatic carbocycles. The molecule has 0 aromatic heterocycles. The zero-order chi connectivity index (χ0) is 14.2. The van der Waals surface area contributed by atoms with E-state index in [9.17, 15) is 9.90 Å². The van der Waals surface area contributed by atoms with Crippen molar-refractivity contribution in [3.63, 3.8) is 0 Å². The molecule has 0 spiro atoms. The number of hydrogen-bond donors (Lipinski definition) is 2. The van der Waals surface area contributed by atoms with E-state index in [1.807, 2.05) is 20.8 Å². The minimum absolute atomic E-state index is 0.113. The van der Waals surface area contributed by atoms with E-state index < -0.39 is 11.6 Å². The number of benzene rings is 1. The Morgan fingerprint density at radius 3 is 2.79 bits per heavy atom. The lowest BCUT2D eigenvalue weighted by atomic mass is 9.86. The zero-order valence-corrected chi connectivity index (χ0v) is 11.6. The van der Waals surface area contributed by atoms with Gasteiger partial charge in [-0.1, -0.05) is 0 Å². The highest BCUT2D eigenvalue weighted by Crippen LogP contribution is 2.42. The van der Waals surface area contributed by atoms with Crippen LogP contribution >= 0.6 is 0 Å². The predicted molar refractivity (Wildman–Crippen MR) is 71.8 cm³/mol. The summed E-state index contributed by atoms with van der Waals surface area (Å²) in [6.07, 6.45) is 2.20. The van der Waals surface area contributed by atoms with E-state index in [-0.39, 0.29) is 6.42 Å². The van der Waals surface area contributed by atoms with Crippen LogP contribution in [0.25, 0.3) is 0 Å². The van der Waals surface area contributed by atoms with Gasteiger partial charge in [0.25, 0.3) is 0 Å². The third-order valence-electron chi connectivity index (χ3n) is 3.94. The Morgan fingerprint density at radius 1 is 1.47 bits per heavy atom. The summed E-state index contributed by atoms with van der Waals surface area (Å²) < 4.78 is 6.06. The fourth-order valence-electron chi connectivity index (χ4n) is 2.62. The van der Waals surface area contributed by atoms with Gasteiger partial charge in [-0.25, -0.2) is 0 Å². The molecule has 104 valence electrons. The molecule has 1 aromatic carbocycles. The molecular formula is C15H20O4. The number of aromatic hydroxyl groups is 1. The van der Waals surface area contributed by atoms with Gasteiger partial charge in [-0.05, 0) is 57.2 Å². The number of ether oxygens (including phenoxy) is 1. The molecule has 4 nitrogen and oxygen atoms in total. The molecule has 0 bridgehead atoms. The summed E-state index contributed by atoms with van der Waals surface area (Å²) >= 11 is 0. The van der Waals surface area contributed by atoms with Crippen molar-refractivity contribution in [2.24, 2.45) is 0 Å². The van der Waals surface area contributed by atoms with Crippen LogP contribution in [0.15, 0.2) is 6.07 Å². The van der Waals surface area contributed by atoms with Gasteiger partial charge in [0.15, 0.2) is 0 Å². The summed E-state index contributed by atoms with van der Waals surface area (Å²) in [5.41, 5.74) is 2.38. The number of hydrogen-bond acceptors (Lipinski definition) is 3. The number of phenolic OH excluding ortho intramolecular Hbond substituents is 1. The van der Waals surface area contributed by atoms with Gasteiger partial charge < -0.3 is 14.9 Å². The highest BCUT2D eigenvalue weighted by Gasteiger charge is 2.33. The number of rotatable bonds is 3. The number of carboxylic acids is 1. The molecule has 2 rings (SSSR count). The first kappa shape index (κ1) is 13.7. The molecule has 1 aliphatic heterocycles. The van der Waals surface area contributed by atoms with Crippen LogP contribution in [0.3, 0.4) is 0 Å². The van der Waals surface area contributed by atoms with E-state index in [0.717, 1.165) is 35.3 Å². The Morgan fingerprint density at radius 2 is 2.16 bits per heavy atom. The fraction of sp³-hybridized carbons (Fsp3) is 0.533. The largest absolute Gasteiger partial charge is 0.508 e. The van der Waals surface area contributed by atoms with Crippen molar-refractivity contribution in [1.82, 2.24) is 0 Å². The Balaban J connectivity index is 2.29. The van der Waals surface area contributed by atoms with Gasteiger partial charge in [0.2, 0.25) is 0 Å². The number of phenols is 1. The van der Waals surface area contributed by atoms with E-state index in [1.54, 1.807) is 6.07 Å². The number of aliphatic carboxylic acids is 1. The SMILES string of the molecule is Cc1cc(O)c(C)c2c1OC(C)(CCC(=O)O)CC2. The van der Waals surface area contributed by atoms with Crippen LogP contribution in [0.2, 0.25) is 0 Å². The standard InChI is InChI=1S/C15H20O4/c1-9-8-12(16)10(2)11-4-6-15(3,19-14(9)11)7-5-13(17)18/h8,16H,4-7H2,1-3H3,(H,17,18). The molecule has 1 aromatic rings. The molecule has 19 heavy (non-hydrogen) atoms. The van der Waals surface area contributed by atoms with Gasteiger partial charge in [0.05, 0.1) is 0 Å². The molecule has 0 amide bonds. The Hall–Kier alpha value is -1.71. The second kappa shape index (κ2) is 4.76. The summed E-state index contributed by atoms with van der Waals surface area (Å²) in [5, 5.41) is 18.6. The number of fused-ring (bicyclic) bond motifs is 1. The van der Waals surface area contributed by atoms with E-state index in [1.165, 1.54) is 0 Å². The Bertz CT molecular complexity index is 521. The van der Waals surface area contributed by atoms with Crippen molar-refractivity contribution < 1.29 is 19.7 Å². The van der Waals surface area contributed by atoms with Crippen molar-refractivity contribution in [3.05, 3.63) is 22.8 Å². The number of aryl methyl sites for hydroxylation is 1. The molecular weight excluding hydrogens is 244 g/mol. The predicted octanol–water partition coefficient (Wildman–Crippen LogP) is 2.96. The maximum atomic E-state index is 10.7. The molecule has 0 saturated heterocycles. The monoisotopic (exact) mass is 264 g/mol. The molecule has 1 unspecified atom stereocenters. The molecule has 0 radical (unpaired) electrons. The second-order valence-corrected chi connectivity index (χ2v) is 5.59. The first-order valence-corrected chi connectivity index (χ1v) is 6.55. The summed E-state index contributed by atoms with van der Waals surface area (Å²) in [4.78, 5) is 10.7. The van der Waals surface area contributed by atoms with Crippen LogP contribution in [-0.2, 0) is 11.2 Å². The first-order valence-electron chi connectivity index (χ1n) is 6.55. The molecule has 0 fully saturated rings. The summed E-state index contributed by atoms with van der Waals surface area (Å²) in [7, 11) is 0. The summed E-state index contributed by atoms with van der Waals surface area (Å²) in [6, 6.07) is 1.71. The summed E-state index contributed by atoms with van der Waals surface area (Å²) in [6.45, 7) is 5.75. The Labute approximate surface area is 113 Å². The smallest absolute Gasteiger partial charge is 0.303 e. The highest BCUT2D eigenvalue weighted by atomic mass is 16.5. The quantitative estimate of drug-likeness (QED) is 0.880. The molecule has 1 atom stereocenters. The minimum atomic E-state index is -0.797. The highest BCUT2D eigenvalue weighted by molar-refractivity contribution is 5.66. The van der Waals surface area contributed by atoms with Crippen LogP contribution < -0.4 is 4.74 Å². The van der Waals surface area contributed by atoms with Crippen LogP contribution in [0.5, 0.6) is 11.5 Å². The molecule has 4 heteroatoms. The third kappa shape index (κ3) is 2.67. The fourth-order valence-corrected chi connectivity index (χ4v) is 2.62. The zero-order valence-electron chi connectivity index (χ0n) is 11.6. The molecule has 1 heterocycles. The van der Waals surface area contributed by atoms with E-state index in [0.29, 0.717) is 12.2 Å². The molecule has 0 saturated carbocycles. The van der Waals surface area contributed by atoms with Crippen LogP contribution in [0.4, 0.5) is 0 Å². The van der Waals surface area contributed by atoms with Gasteiger partial charge in [0, 0.05) is 12.0 Å². The van der Waals surface area contributed by atoms with Crippen molar-refractivity contribution in [3.8, 4) is 11.5 Å². The average molecular weight is 264 g/mol. The molecule has 1 aliphatic rings. The lowest BCUT2D eigenvalue weighted by Crippen LogP contribution is -2.37. The maximum Gasteiger partial charge on any atom is 0.303 e. The second-order valence-electron chi connectivity index (χ2n) is 5.59. The van der Waals surface area contributed by atoms with E-state index in [2.05, 4.69) is 0 Å². The maximum absolute atomic E-state index is 10.7. The van der Waals surface area contributed by atoms with Crippen molar-refractivity contribution in [2.75, 3.05) is 0 Å². The number of carbonyl (C=O) groups is 1. The van der Waals surface area contributed by atoms with Crippen LogP contribution in [0.1, 0.15) is 42.9 Å². The topological polar surface area (TPSA) is 66.8 Å².